The number of ether oxygens (including phenoxy) is 1. The van der Waals surface area contributed by atoms with Crippen molar-refractivity contribution in [1.29, 1.82) is 0 Å². The van der Waals surface area contributed by atoms with Crippen LogP contribution in [0, 0.1) is 6.92 Å². The molecule has 180 valence electrons. The molecule has 0 N–H and O–H groups in total. The van der Waals surface area contributed by atoms with Crippen LogP contribution in [-0.4, -0.2) is 40.6 Å². The molecular weight excluding hydrogens is 438 g/mol. The Balaban J connectivity index is 1.88. The van der Waals surface area contributed by atoms with Gasteiger partial charge in [-0.15, -0.1) is 0 Å². The Kier molecular flexibility index (Phi) is 7.73. The number of aryl methyl sites for hydroxylation is 1. The Morgan fingerprint density at radius 1 is 1.00 bits per heavy atom. The van der Waals surface area contributed by atoms with Gasteiger partial charge in [0.2, 0.25) is 0 Å². The first kappa shape index (κ1) is 24.4. The molecule has 0 aliphatic carbocycles. The topological polar surface area (TPSA) is 64.4 Å². The van der Waals surface area contributed by atoms with E-state index in [9.17, 15) is 9.59 Å². The van der Waals surface area contributed by atoms with Crippen LogP contribution in [-0.2, 0) is 11.3 Å². The molecular formula is C29H31N3O3. The predicted molar refractivity (Wildman–Crippen MR) is 139 cm³/mol. The van der Waals surface area contributed by atoms with Crippen molar-refractivity contribution in [2.75, 3.05) is 20.3 Å². The monoisotopic (exact) mass is 469 g/mol. The lowest BCUT2D eigenvalue weighted by atomic mass is 10.0. The van der Waals surface area contributed by atoms with Gasteiger partial charge in [0.1, 0.15) is 5.82 Å². The summed E-state index contributed by atoms with van der Waals surface area (Å²) in [5.41, 5.74) is 3.06. The third kappa shape index (κ3) is 5.17. The van der Waals surface area contributed by atoms with Crippen molar-refractivity contribution < 1.29 is 9.53 Å². The zero-order chi connectivity index (χ0) is 24.8. The number of nitrogens with zero attached hydrogens (tertiary/aromatic N) is 3. The molecule has 0 fully saturated rings. The first-order valence-electron chi connectivity index (χ1n) is 11.9. The van der Waals surface area contributed by atoms with Gasteiger partial charge in [-0.05, 0) is 42.7 Å². The van der Waals surface area contributed by atoms with Gasteiger partial charge >= 0.3 is 0 Å². The maximum absolute atomic E-state index is 13.8. The zero-order valence-electron chi connectivity index (χ0n) is 20.5. The number of hydrogen-bond acceptors (Lipinski definition) is 4. The molecule has 1 atom stereocenters. The molecule has 0 spiro atoms. The summed E-state index contributed by atoms with van der Waals surface area (Å²) >= 11 is 0. The second-order valence-corrected chi connectivity index (χ2v) is 8.59. The van der Waals surface area contributed by atoms with Crippen LogP contribution in [0.25, 0.3) is 10.9 Å². The molecule has 1 unspecified atom stereocenters. The number of carbonyl (C=O) groups excluding carboxylic acids is 1. The lowest BCUT2D eigenvalue weighted by Crippen LogP contribution is -2.41. The average Bonchev–Trinajstić information content (AvgIpc) is 2.89. The molecule has 1 aromatic heterocycles. The fraction of sp³-hybridized carbons (Fsp3) is 0.276. The average molecular weight is 470 g/mol. The molecule has 0 saturated carbocycles. The SMILES string of the molecule is CCC(c1nc2ccccc2c(=O)n1Cc1ccccc1)N(CCOC)C(=O)c1ccccc1C. The molecule has 1 amide bonds. The van der Waals surface area contributed by atoms with Gasteiger partial charge in [-0.2, -0.15) is 0 Å². The molecule has 0 aliphatic rings. The van der Waals surface area contributed by atoms with Gasteiger partial charge in [0.25, 0.3) is 11.5 Å². The van der Waals surface area contributed by atoms with Crippen LogP contribution in [0.1, 0.15) is 46.7 Å². The highest BCUT2D eigenvalue weighted by Crippen LogP contribution is 2.27. The van der Waals surface area contributed by atoms with E-state index in [1.807, 2.05) is 86.6 Å². The maximum Gasteiger partial charge on any atom is 0.261 e. The fourth-order valence-electron chi connectivity index (χ4n) is 4.46. The highest BCUT2D eigenvalue weighted by Gasteiger charge is 2.29. The smallest absolute Gasteiger partial charge is 0.261 e. The van der Waals surface area contributed by atoms with Gasteiger partial charge in [-0.25, -0.2) is 4.98 Å². The summed E-state index contributed by atoms with van der Waals surface area (Å²) in [4.78, 5) is 34.3. The minimum atomic E-state index is -0.404. The van der Waals surface area contributed by atoms with E-state index in [0.717, 1.165) is 11.1 Å². The van der Waals surface area contributed by atoms with Gasteiger partial charge in [0.15, 0.2) is 0 Å². The molecule has 35 heavy (non-hydrogen) atoms. The molecule has 6 nitrogen and oxygen atoms in total. The van der Waals surface area contributed by atoms with Crippen molar-refractivity contribution in [3.63, 3.8) is 0 Å². The summed E-state index contributed by atoms with van der Waals surface area (Å²) in [7, 11) is 1.62. The second kappa shape index (κ2) is 11.1. The van der Waals surface area contributed by atoms with Crippen molar-refractivity contribution in [1.82, 2.24) is 14.5 Å². The predicted octanol–water partition coefficient (Wildman–Crippen LogP) is 4.99. The summed E-state index contributed by atoms with van der Waals surface area (Å²) in [5.74, 6) is 0.485. The van der Waals surface area contributed by atoms with Crippen molar-refractivity contribution in [2.45, 2.75) is 32.9 Å². The molecule has 6 heteroatoms. The van der Waals surface area contributed by atoms with E-state index in [1.165, 1.54) is 0 Å². The van der Waals surface area contributed by atoms with E-state index >= 15 is 0 Å². The van der Waals surface area contributed by atoms with Crippen LogP contribution in [0.4, 0.5) is 0 Å². The number of rotatable bonds is 9. The van der Waals surface area contributed by atoms with Gasteiger partial charge in [-0.1, -0.05) is 67.6 Å². The Hall–Kier alpha value is -3.77. The molecule has 0 aliphatic heterocycles. The summed E-state index contributed by atoms with van der Waals surface area (Å²) in [6, 6.07) is 24.4. The number of carbonyl (C=O) groups is 1. The standard InChI is InChI=1S/C29H31N3O3/c1-4-26(31(18-19-35-3)28(33)23-15-9-8-12-21(23)2)27-30-25-17-11-10-16-24(25)29(34)32(27)20-22-13-6-5-7-14-22/h5-17,26H,4,18-20H2,1-3H3. The van der Waals surface area contributed by atoms with Gasteiger partial charge in [-0.3, -0.25) is 14.2 Å². The van der Waals surface area contributed by atoms with Crippen molar-refractivity contribution in [3.05, 3.63) is 112 Å². The van der Waals surface area contributed by atoms with E-state index < -0.39 is 6.04 Å². The van der Waals surface area contributed by atoms with Crippen molar-refractivity contribution >= 4 is 16.8 Å². The van der Waals surface area contributed by atoms with Crippen LogP contribution in [0.15, 0.2) is 83.7 Å². The van der Waals surface area contributed by atoms with Crippen LogP contribution in [0.2, 0.25) is 0 Å². The van der Waals surface area contributed by atoms with Crippen molar-refractivity contribution in [2.24, 2.45) is 0 Å². The zero-order valence-corrected chi connectivity index (χ0v) is 20.5. The molecule has 4 aromatic rings. The molecule has 0 radical (unpaired) electrons. The second-order valence-electron chi connectivity index (χ2n) is 8.59. The number of benzene rings is 3. The van der Waals surface area contributed by atoms with Gasteiger partial charge in [0, 0.05) is 19.2 Å². The van der Waals surface area contributed by atoms with Gasteiger partial charge in [0.05, 0.1) is 30.1 Å². The lowest BCUT2D eigenvalue weighted by molar-refractivity contribution is 0.0576. The largest absolute Gasteiger partial charge is 0.383 e. The first-order chi connectivity index (χ1) is 17.0. The minimum Gasteiger partial charge on any atom is -0.383 e. The number of amides is 1. The summed E-state index contributed by atoms with van der Waals surface area (Å²) in [6.07, 6.45) is 0.598. The third-order valence-electron chi connectivity index (χ3n) is 6.31. The molecule has 0 saturated heterocycles. The molecule has 1 heterocycles. The summed E-state index contributed by atoms with van der Waals surface area (Å²) < 4.78 is 7.08. The van der Waals surface area contributed by atoms with E-state index in [-0.39, 0.29) is 11.5 Å². The first-order valence-corrected chi connectivity index (χ1v) is 11.9. The van der Waals surface area contributed by atoms with E-state index in [4.69, 9.17) is 9.72 Å². The summed E-state index contributed by atoms with van der Waals surface area (Å²) in [6.45, 7) is 5.09. The summed E-state index contributed by atoms with van der Waals surface area (Å²) in [5, 5.41) is 0.565. The number of methoxy groups -OCH3 is 1. The Morgan fingerprint density at radius 2 is 1.69 bits per heavy atom. The van der Waals surface area contributed by atoms with E-state index in [0.29, 0.717) is 48.4 Å². The fourth-order valence-corrected chi connectivity index (χ4v) is 4.46. The Bertz CT molecular complexity index is 1360. The quantitative estimate of drug-likeness (QED) is 0.346. The Labute approximate surface area is 205 Å². The minimum absolute atomic E-state index is 0.0966. The molecule has 4 rings (SSSR count). The number of para-hydroxylation sites is 1. The highest BCUT2D eigenvalue weighted by molar-refractivity contribution is 5.96. The normalized spacial score (nSPS) is 12.0. The van der Waals surface area contributed by atoms with Crippen LogP contribution >= 0.6 is 0 Å². The molecule has 0 bridgehead atoms. The third-order valence-corrected chi connectivity index (χ3v) is 6.31. The van der Waals surface area contributed by atoms with Crippen LogP contribution < -0.4 is 5.56 Å². The number of aromatic nitrogens is 2. The number of fused-ring (bicyclic) bond motifs is 1. The molecule has 3 aromatic carbocycles. The van der Waals surface area contributed by atoms with Gasteiger partial charge < -0.3 is 9.64 Å². The maximum atomic E-state index is 13.8. The highest BCUT2D eigenvalue weighted by atomic mass is 16.5. The lowest BCUT2D eigenvalue weighted by Gasteiger charge is -2.32. The van der Waals surface area contributed by atoms with Crippen LogP contribution in [0.3, 0.4) is 0 Å². The van der Waals surface area contributed by atoms with Crippen LogP contribution in [0.5, 0.6) is 0 Å². The van der Waals surface area contributed by atoms with E-state index in [2.05, 4.69) is 0 Å². The Morgan fingerprint density at radius 3 is 2.40 bits per heavy atom. The van der Waals surface area contributed by atoms with Crippen molar-refractivity contribution in [3.8, 4) is 0 Å². The number of hydrogen-bond donors (Lipinski definition) is 0. The van der Waals surface area contributed by atoms with E-state index in [1.54, 1.807) is 22.6 Å².